The van der Waals surface area contributed by atoms with Gasteiger partial charge in [0.25, 0.3) is 11.5 Å². The summed E-state index contributed by atoms with van der Waals surface area (Å²) in [6.45, 7) is 8.97. The first kappa shape index (κ1) is 24.1. The van der Waals surface area contributed by atoms with Crippen LogP contribution in [-0.4, -0.2) is 40.8 Å². The first-order valence-corrected chi connectivity index (χ1v) is 10.9. The third kappa shape index (κ3) is 5.12. The Balaban J connectivity index is 2.45. The van der Waals surface area contributed by atoms with Gasteiger partial charge in [-0.25, -0.2) is 4.79 Å². The van der Waals surface area contributed by atoms with Crippen molar-refractivity contribution in [1.29, 1.82) is 0 Å². The van der Waals surface area contributed by atoms with E-state index in [-0.39, 0.29) is 16.5 Å². The lowest BCUT2D eigenvalue weighted by molar-refractivity contribution is -0.146. The topological polar surface area (TPSA) is 97.6 Å². The predicted octanol–water partition coefficient (Wildman–Crippen LogP) is 3.16. The van der Waals surface area contributed by atoms with E-state index in [1.54, 1.807) is 17.7 Å². The van der Waals surface area contributed by atoms with E-state index in [0.29, 0.717) is 45.3 Å². The minimum Gasteiger partial charge on any atom is -0.480 e. The Labute approximate surface area is 178 Å². The monoisotopic (exact) mass is 420 g/mol. The standard InChI is InChI=1S/C23H36N2O5/c1-6-8-18-16(7-2)15-17(20(27)25(18)13-14-30-5)19(26)24-23(21(28)29)11-9-22(3,4)10-12-23/h15H,6-14H2,1-5H3,(H,24,26)(H,28,29). The number of aryl methyl sites for hydroxylation is 1. The largest absolute Gasteiger partial charge is 0.480 e. The third-order valence-electron chi connectivity index (χ3n) is 6.34. The fourth-order valence-electron chi connectivity index (χ4n) is 4.21. The van der Waals surface area contributed by atoms with Gasteiger partial charge in [0.15, 0.2) is 0 Å². The van der Waals surface area contributed by atoms with Crippen LogP contribution in [0.4, 0.5) is 0 Å². The van der Waals surface area contributed by atoms with Gasteiger partial charge < -0.3 is 19.7 Å². The van der Waals surface area contributed by atoms with Crippen LogP contribution in [0, 0.1) is 5.41 Å². The number of carbonyl (C=O) groups excluding carboxylic acids is 1. The summed E-state index contributed by atoms with van der Waals surface area (Å²) >= 11 is 0. The van der Waals surface area contributed by atoms with E-state index >= 15 is 0 Å². The van der Waals surface area contributed by atoms with Gasteiger partial charge >= 0.3 is 5.97 Å². The first-order valence-electron chi connectivity index (χ1n) is 10.9. The van der Waals surface area contributed by atoms with Crippen LogP contribution in [0.3, 0.4) is 0 Å². The van der Waals surface area contributed by atoms with Crippen LogP contribution in [0.2, 0.25) is 0 Å². The molecule has 0 radical (unpaired) electrons. The summed E-state index contributed by atoms with van der Waals surface area (Å²) in [4.78, 5) is 38.4. The molecule has 30 heavy (non-hydrogen) atoms. The lowest BCUT2D eigenvalue weighted by Crippen LogP contribution is -2.57. The molecule has 1 heterocycles. The number of methoxy groups -OCH3 is 1. The summed E-state index contributed by atoms with van der Waals surface area (Å²) in [6, 6.07) is 1.65. The van der Waals surface area contributed by atoms with Gasteiger partial charge in [-0.1, -0.05) is 34.1 Å². The van der Waals surface area contributed by atoms with Crippen LogP contribution < -0.4 is 10.9 Å². The Morgan fingerprint density at radius 3 is 2.33 bits per heavy atom. The number of hydrogen-bond donors (Lipinski definition) is 2. The van der Waals surface area contributed by atoms with E-state index in [4.69, 9.17) is 4.74 Å². The molecule has 0 atom stereocenters. The van der Waals surface area contributed by atoms with Crippen LogP contribution in [0.5, 0.6) is 0 Å². The van der Waals surface area contributed by atoms with E-state index in [2.05, 4.69) is 19.2 Å². The SMILES string of the molecule is CCCc1c(CC)cc(C(=O)NC2(C(=O)O)CCC(C)(C)CC2)c(=O)n1CCOC. The minimum absolute atomic E-state index is 0.00765. The van der Waals surface area contributed by atoms with Gasteiger partial charge in [0.05, 0.1) is 6.61 Å². The number of ether oxygens (including phenoxy) is 1. The van der Waals surface area contributed by atoms with Crippen LogP contribution in [0.1, 0.15) is 81.4 Å². The number of pyridine rings is 1. The minimum atomic E-state index is -1.33. The Hall–Kier alpha value is -2.15. The summed E-state index contributed by atoms with van der Waals surface area (Å²) in [5.41, 5.74) is 0.200. The molecule has 0 saturated heterocycles. The maximum absolute atomic E-state index is 13.2. The Bertz CT molecular complexity index is 831. The number of carboxylic acid groups (broad SMARTS) is 1. The van der Waals surface area contributed by atoms with Gasteiger partial charge in [-0.3, -0.25) is 9.59 Å². The molecule has 0 bridgehead atoms. The van der Waals surface area contributed by atoms with Crippen molar-refractivity contribution in [3.8, 4) is 0 Å². The van der Waals surface area contributed by atoms with Crippen molar-refractivity contribution in [3.05, 3.63) is 33.2 Å². The fourth-order valence-corrected chi connectivity index (χ4v) is 4.21. The van der Waals surface area contributed by atoms with Crippen molar-refractivity contribution in [2.24, 2.45) is 5.41 Å². The third-order valence-corrected chi connectivity index (χ3v) is 6.34. The average molecular weight is 421 g/mol. The number of carbonyl (C=O) groups is 2. The normalized spacial score (nSPS) is 17.5. The maximum Gasteiger partial charge on any atom is 0.329 e. The fraction of sp³-hybridized carbons (Fsp3) is 0.696. The summed E-state index contributed by atoms with van der Waals surface area (Å²) in [5, 5.41) is 12.6. The smallest absolute Gasteiger partial charge is 0.329 e. The molecule has 168 valence electrons. The molecule has 7 heteroatoms. The molecule has 1 aromatic rings. The highest BCUT2D eigenvalue weighted by Crippen LogP contribution is 2.40. The molecule has 0 spiro atoms. The molecule has 0 aromatic carbocycles. The number of aromatic nitrogens is 1. The van der Waals surface area contributed by atoms with Crippen molar-refractivity contribution < 1.29 is 19.4 Å². The Morgan fingerprint density at radius 1 is 1.20 bits per heavy atom. The molecule has 7 nitrogen and oxygen atoms in total. The molecule has 1 fully saturated rings. The molecule has 2 rings (SSSR count). The molecule has 1 aliphatic carbocycles. The molecular weight excluding hydrogens is 384 g/mol. The molecule has 1 aromatic heterocycles. The lowest BCUT2D eigenvalue weighted by atomic mass is 9.69. The van der Waals surface area contributed by atoms with Crippen molar-refractivity contribution in [1.82, 2.24) is 9.88 Å². The summed E-state index contributed by atoms with van der Waals surface area (Å²) in [7, 11) is 1.57. The zero-order chi connectivity index (χ0) is 22.5. The number of rotatable bonds is 9. The van der Waals surface area contributed by atoms with E-state index in [1.165, 1.54) is 0 Å². The number of nitrogens with one attached hydrogen (secondary N) is 1. The highest BCUT2D eigenvalue weighted by molar-refractivity contribution is 5.97. The average Bonchev–Trinajstić information content (AvgIpc) is 2.69. The van der Waals surface area contributed by atoms with Gasteiger partial charge in [-0.2, -0.15) is 0 Å². The van der Waals surface area contributed by atoms with Gasteiger partial charge in [-0.15, -0.1) is 0 Å². The second kappa shape index (κ2) is 9.77. The molecule has 0 aliphatic heterocycles. The van der Waals surface area contributed by atoms with E-state index in [1.807, 2.05) is 13.8 Å². The van der Waals surface area contributed by atoms with Gasteiger partial charge in [-0.05, 0) is 55.6 Å². The number of aliphatic carboxylic acids is 1. The summed E-state index contributed by atoms with van der Waals surface area (Å²) in [5.74, 6) is -1.64. The number of carboxylic acids is 1. The molecule has 1 amide bonds. The molecule has 1 aliphatic rings. The predicted molar refractivity (Wildman–Crippen MR) is 116 cm³/mol. The van der Waals surface area contributed by atoms with Crippen LogP contribution in [0.25, 0.3) is 0 Å². The number of hydrogen-bond acceptors (Lipinski definition) is 4. The van der Waals surface area contributed by atoms with Gasteiger partial charge in [0, 0.05) is 19.3 Å². The van der Waals surface area contributed by atoms with Crippen molar-refractivity contribution in [2.45, 2.75) is 84.7 Å². The quantitative estimate of drug-likeness (QED) is 0.639. The summed E-state index contributed by atoms with van der Waals surface area (Å²) in [6.07, 6.45) is 4.41. The van der Waals surface area contributed by atoms with E-state index in [0.717, 1.165) is 24.1 Å². The zero-order valence-corrected chi connectivity index (χ0v) is 19.0. The first-order chi connectivity index (χ1) is 14.1. The Morgan fingerprint density at radius 2 is 1.83 bits per heavy atom. The molecule has 1 saturated carbocycles. The molecule has 0 unspecified atom stereocenters. The van der Waals surface area contributed by atoms with Gasteiger partial charge in [0.1, 0.15) is 11.1 Å². The lowest BCUT2D eigenvalue weighted by Gasteiger charge is -2.41. The number of nitrogens with zero attached hydrogens (tertiary/aromatic N) is 1. The molecule has 2 N–H and O–H groups in total. The van der Waals surface area contributed by atoms with Crippen molar-refractivity contribution in [3.63, 3.8) is 0 Å². The van der Waals surface area contributed by atoms with Crippen LogP contribution in [0.15, 0.2) is 10.9 Å². The second-order valence-electron chi connectivity index (χ2n) is 9.09. The van der Waals surface area contributed by atoms with Crippen molar-refractivity contribution >= 4 is 11.9 Å². The van der Waals surface area contributed by atoms with Crippen LogP contribution >= 0.6 is 0 Å². The number of amides is 1. The van der Waals surface area contributed by atoms with E-state index < -0.39 is 17.4 Å². The highest BCUT2D eigenvalue weighted by Gasteiger charge is 2.45. The van der Waals surface area contributed by atoms with Crippen molar-refractivity contribution in [2.75, 3.05) is 13.7 Å². The Kier molecular flexibility index (Phi) is 7.86. The van der Waals surface area contributed by atoms with E-state index in [9.17, 15) is 19.5 Å². The highest BCUT2D eigenvalue weighted by atomic mass is 16.5. The van der Waals surface area contributed by atoms with Gasteiger partial charge in [0.2, 0.25) is 0 Å². The van der Waals surface area contributed by atoms with Crippen LogP contribution in [-0.2, 0) is 28.9 Å². The maximum atomic E-state index is 13.2. The summed E-state index contributed by atoms with van der Waals surface area (Å²) < 4.78 is 6.78. The zero-order valence-electron chi connectivity index (χ0n) is 19.0. The second-order valence-corrected chi connectivity index (χ2v) is 9.09. The molecular formula is C23H36N2O5.